The Bertz CT molecular complexity index is 697. The Morgan fingerprint density at radius 3 is 2.16 bits per heavy atom. The van der Waals surface area contributed by atoms with Gasteiger partial charge in [-0.1, -0.05) is 23.8 Å². The fourth-order valence-electron chi connectivity index (χ4n) is 3.01. The first-order chi connectivity index (χ1) is 11.7. The van der Waals surface area contributed by atoms with E-state index in [1.807, 2.05) is 12.2 Å². The maximum atomic E-state index is 12.8. The minimum absolute atomic E-state index is 0.162. The van der Waals surface area contributed by atoms with E-state index >= 15 is 0 Å². The second kappa shape index (κ2) is 6.59. The second-order valence-corrected chi connectivity index (χ2v) is 7.64. The van der Waals surface area contributed by atoms with Gasteiger partial charge in [0, 0.05) is 10.7 Å². The van der Waals surface area contributed by atoms with Gasteiger partial charge in [0.2, 0.25) is 0 Å². The highest BCUT2D eigenvalue weighted by atomic mass is 35.5. The molecule has 1 fully saturated rings. The highest BCUT2D eigenvalue weighted by Gasteiger charge is 2.44. The molecule has 3 amide bonds. The lowest BCUT2D eigenvalue weighted by molar-refractivity contribution is -0.0750. The number of amides is 3. The summed E-state index contributed by atoms with van der Waals surface area (Å²) in [5, 5.41) is 6.28. The average Bonchev–Trinajstić information content (AvgIpc) is 2.55. The molecule has 134 valence electrons. The van der Waals surface area contributed by atoms with Crippen LogP contribution >= 0.6 is 11.6 Å². The molecule has 1 N–H and O–H groups in total. The van der Waals surface area contributed by atoms with Crippen LogP contribution in [0.15, 0.2) is 36.4 Å². The number of hydrogen-bond donors (Lipinski definition) is 1. The van der Waals surface area contributed by atoms with Gasteiger partial charge in [0.25, 0.3) is 0 Å². The molecule has 1 aliphatic carbocycles. The first-order valence-corrected chi connectivity index (χ1v) is 8.68. The van der Waals surface area contributed by atoms with E-state index in [-0.39, 0.29) is 18.1 Å². The number of fused-ring (bicyclic) bond motifs is 2. The van der Waals surface area contributed by atoms with Gasteiger partial charge in [-0.15, -0.1) is 0 Å². The van der Waals surface area contributed by atoms with Crippen molar-refractivity contribution in [1.29, 1.82) is 0 Å². The predicted molar refractivity (Wildman–Crippen MR) is 96.3 cm³/mol. The van der Waals surface area contributed by atoms with Crippen LogP contribution in [0.25, 0.3) is 0 Å². The monoisotopic (exact) mass is 363 g/mol. The topological polar surface area (TPSA) is 61.9 Å². The molecule has 2 aliphatic heterocycles. The summed E-state index contributed by atoms with van der Waals surface area (Å²) in [5.74, 6) is 0. The molecule has 2 heterocycles. The summed E-state index contributed by atoms with van der Waals surface area (Å²) in [6.07, 6.45) is 5.04. The van der Waals surface area contributed by atoms with Crippen molar-refractivity contribution in [2.75, 3.05) is 5.32 Å². The van der Waals surface area contributed by atoms with E-state index in [1.165, 1.54) is 10.0 Å². The number of carbonyl (C=O) groups excluding carboxylic acids is 2. The van der Waals surface area contributed by atoms with Gasteiger partial charge in [-0.2, -0.15) is 0 Å². The van der Waals surface area contributed by atoms with Crippen LogP contribution in [0.1, 0.15) is 33.6 Å². The summed E-state index contributed by atoms with van der Waals surface area (Å²) in [4.78, 5) is 25.5. The van der Waals surface area contributed by atoms with Gasteiger partial charge in [0.1, 0.15) is 5.60 Å². The molecule has 6 nitrogen and oxygen atoms in total. The Balaban J connectivity index is 1.81. The normalized spacial score (nSPS) is 22.1. The number of benzene rings is 1. The quantitative estimate of drug-likeness (QED) is 0.751. The third-order valence-electron chi connectivity index (χ3n) is 4.06. The molecular weight excluding hydrogens is 342 g/mol. The van der Waals surface area contributed by atoms with Crippen molar-refractivity contribution < 1.29 is 14.3 Å². The van der Waals surface area contributed by atoms with E-state index in [4.69, 9.17) is 16.3 Å². The molecule has 25 heavy (non-hydrogen) atoms. The zero-order valence-corrected chi connectivity index (χ0v) is 15.3. The predicted octanol–water partition coefficient (Wildman–Crippen LogP) is 4.43. The maximum absolute atomic E-state index is 12.8. The minimum Gasteiger partial charge on any atom is -0.442 e. The third-order valence-corrected chi connectivity index (χ3v) is 4.31. The maximum Gasteiger partial charge on any atom is 0.430 e. The minimum atomic E-state index is -0.629. The van der Waals surface area contributed by atoms with E-state index < -0.39 is 11.7 Å². The Morgan fingerprint density at radius 1 is 1.08 bits per heavy atom. The highest BCUT2D eigenvalue weighted by Crippen LogP contribution is 2.32. The van der Waals surface area contributed by atoms with E-state index in [9.17, 15) is 9.59 Å². The van der Waals surface area contributed by atoms with Crippen LogP contribution in [0.4, 0.5) is 15.3 Å². The van der Waals surface area contributed by atoms with E-state index in [2.05, 4.69) is 5.32 Å². The molecule has 1 aromatic rings. The summed E-state index contributed by atoms with van der Waals surface area (Å²) in [6.45, 7) is 5.42. The van der Waals surface area contributed by atoms with Crippen molar-refractivity contribution in [2.45, 2.75) is 51.3 Å². The fourth-order valence-corrected chi connectivity index (χ4v) is 3.14. The smallest absolute Gasteiger partial charge is 0.430 e. The fraction of sp³-hybridized carbons (Fsp3) is 0.444. The zero-order chi connectivity index (χ0) is 18.2. The zero-order valence-electron chi connectivity index (χ0n) is 14.5. The first-order valence-electron chi connectivity index (χ1n) is 8.31. The average molecular weight is 364 g/mol. The molecule has 3 aliphatic rings. The molecule has 0 aromatic heterocycles. The number of carbonyl (C=O) groups is 2. The van der Waals surface area contributed by atoms with Gasteiger partial charge >= 0.3 is 12.1 Å². The number of halogens is 1. The van der Waals surface area contributed by atoms with Gasteiger partial charge in [-0.25, -0.2) is 19.6 Å². The van der Waals surface area contributed by atoms with Crippen molar-refractivity contribution >= 4 is 29.4 Å². The van der Waals surface area contributed by atoms with Crippen molar-refractivity contribution in [2.24, 2.45) is 0 Å². The molecule has 1 aromatic carbocycles. The van der Waals surface area contributed by atoms with Crippen LogP contribution in [-0.2, 0) is 4.74 Å². The SMILES string of the molecule is CC(C)(C)OC(=O)N1[C@H]2C=C[C@H](CC2)N1C(=O)Nc1ccc(Cl)cc1. The molecule has 0 radical (unpaired) electrons. The standard InChI is InChI=1S/C18H22ClN3O3/c1-18(2,3)25-17(24)22-15-10-8-14(9-11-15)21(22)16(23)20-13-6-4-12(19)5-7-13/h4-8,10,14-15H,9,11H2,1-3H3,(H,20,23)/t14-,15+/m1/s1. The summed E-state index contributed by atoms with van der Waals surface area (Å²) >= 11 is 5.87. The van der Waals surface area contributed by atoms with Crippen LogP contribution in [0.2, 0.25) is 5.02 Å². The number of nitrogens with one attached hydrogen (secondary N) is 1. The number of anilines is 1. The van der Waals surface area contributed by atoms with Crippen molar-refractivity contribution in [3.63, 3.8) is 0 Å². The Kier molecular flexibility index (Phi) is 4.64. The van der Waals surface area contributed by atoms with Gasteiger partial charge < -0.3 is 10.1 Å². The molecule has 0 saturated carbocycles. The van der Waals surface area contributed by atoms with E-state index in [1.54, 1.807) is 45.0 Å². The van der Waals surface area contributed by atoms with Crippen LogP contribution in [0, 0.1) is 0 Å². The van der Waals surface area contributed by atoms with Gasteiger partial charge in [-0.05, 0) is 57.9 Å². The molecular formula is C18H22ClN3O3. The number of rotatable bonds is 1. The van der Waals surface area contributed by atoms with Gasteiger partial charge in [-0.3, -0.25) is 0 Å². The van der Waals surface area contributed by atoms with Crippen molar-refractivity contribution in [3.8, 4) is 0 Å². The Morgan fingerprint density at radius 2 is 1.64 bits per heavy atom. The van der Waals surface area contributed by atoms with Crippen LogP contribution in [-0.4, -0.2) is 39.8 Å². The first kappa shape index (κ1) is 17.6. The number of hydrogen-bond acceptors (Lipinski definition) is 3. The summed E-state index contributed by atoms with van der Waals surface area (Å²) in [6, 6.07) is 6.13. The van der Waals surface area contributed by atoms with Crippen molar-refractivity contribution in [3.05, 3.63) is 41.4 Å². The van der Waals surface area contributed by atoms with E-state index in [0.717, 1.165) is 12.8 Å². The summed E-state index contributed by atoms with van der Waals surface area (Å²) < 4.78 is 5.49. The van der Waals surface area contributed by atoms with Crippen LogP contribution in [0.5, 0.6) is 0 Å². The third kappa shape index (κ3) is 3.90. The second-order valence-electron chi connectivity index (χ2n) is 7.20. The molecule has 0 unspecified atom stereocenters. The Hall–Kier alpha value is -2.21. The number of nitrogens with zero attached hydrogens (tertiary/aromatic N) is 2. The molecule has 7 heteroatoms. The molecule has 2 bridgehead atoms. The molecule has 1 saturated heterocycles. The number of ether oxygens (including phenoxy) is 1. The number of hydrazine groups is 1. The number of urea groups is 1. The lowest BCUT2D eigenvalue weighted by Gasteiger charge is -2.49. The van der Waals surface area contributed by atoms with Crippen molar-refractivity contribution in [1.82, 2.24) is 10.0 Å². The van der Waals surface area contributed by atoms with Gasteiger partial charge in [0.15, 0.2) is 0 Å². The summed E-state index contributed by atoms with van der Waals surface area (Å²) in [7, 11) is 0. The lowest BCUT2D eigenvalue weighted by atomic mass is 9.94. The highest BCUT2D eigenvalue weighted by molar-refractivity contribution is 6.30. The largest absolute Gasteiger partial charge is 0.442 e. The van der Waals surface area contributed by atoms with Gasteiger partial charge in [0.05, 0.1) is 12.1 Å². The summed E-state index contributed by atoms with van der Waals surface area (Å²) in [5.41, 5.74) is -0.0144. The van der Waals surface area contributed by atoms with E-state index in [0.29, 0.717) is 10.7 Å². The Labute approximate surface area is 152 Å². The molecule has 4 rings (SSSR count). The molecule has 2 atom stereocenters. The molecule has 0 spiro atoms. The van der Waals surface area contributed by atoms with Crippen LogP contribution in [0.3, 0.4) is 0 Å². The van der Waals surface area contributed by atoms with Crippen LogP contribution < -0.4 is 5.32 Å². The lowest BCUT2D eigenvalue weighted by Crippen LogP contribution is -2.64.